The van der Waals surface area contributed by atoms with Crippen LogP contribution in [0, 0.1) is 0 Å². The first-order chi connectivity index (χ1) is 5.54. The summed E-state index contributed by atoms with van der Waals surface area (Å²) in [5.41, 5.74) is 0. The van der Waals surface area contributed by atoms with Crippen molar-refractivity contribution in [3.05, 3.63) is 11.2 Å². The molecule has 0 amide bonds. The molecule has 0 saturated heterocycles. The summed E-state index contributed by atoms with van der Waals surface area (Å²) in [7, 11) is -3.57. The first-order valence-electron chi connectivity index (χ1n) is 3.12. The van der Waals surface area contributed by atoms with Gasteiger partial charge in [0.05, 0.1) is 11.2 Å². The maximum atomic E-state index is 10.8. The molecule has 68 valence electrons. The van der Waals surface area contributed by atoms with Crippen LogP contribution < -0.4 is 5.14 Å². The van der Waals surface area contributed by atoms with Crippen LogP contribution in [-0.4, -0.2) is 19.2 Å². The van der Waals surface area contributed by atoms with Crippen LogP contribution in [0.25, 0.3) is 0 Å². The van der Waals surface area contributed by atoms with Gasteiger partial charge < -0.3 is 0 Å². The molecule has 7 heteroatoms. The Hall–Kier alpha value is -0.110. The molecular weight excluding hydrogens is 216 g/mol. The molecule has 0 aliphatic heterocycles. The second-order valence-corrected chi connectivity index (χ2v) is 5.44. The maximum absolute atomic E-state index is 10.8. The number of aryl methyl sites for hydroxylation is 1. The normalized spacial score (nSPS) is 11.8. The Balaban J connectivity index is 2.92. The van der Waals surface area contributed by atoms with Gasteiger partial charge in [0.25, 0.3) is 0 Å². The van der Waals surface area contributed by atoms with E-state index in [2.05, 4.69) is 17.6 Å². The van der Waals surface area contributed by atoms with E-state index in [4.69, 9.17) is 5.14 Å². The number of sulfonamides is 1. The highest BCUT2D eigenvalue weighted by molar-refractivity contribution is 7.91. The largest absolute Gasteiger partial charge is 0.249 e. The second-order valence-electron chi connectivity index (χ2n) is 2.09. The van der Waals surface area contributed by atoms with Crippen LogP contribution in [0.2, 0.25) is 0 Å². The van der Waals surface area contributed by atoms with Crippen molar-refractivity contribution in [2.45, 2.75) is 10.6 Å². The average Bonchev–Trinajstić information content (AvgIpc) is 2.35. The Bertz CT molecular complexity index is 357. The zero-order chi connectivity index (χ0) is 9.19. The van der Waals surface area contributed by atoms with Crippen molar-refractivity contribution in [3.63, 3.8) is 0 Å². The molecule has 0 fully saturated rings. The summed E-state index contributed by atoms with van der Waals surface area (Å²) < 4.78 is 21.7. The van der Waals surface area contributed by atoms with Gasteiger partial charge in [-0.05, 0) is 5.75 Å². The van der Waals surface area contributed by atoms with E-state index >= 15 is 0 Å². The van der Waals surface area contributed by atoms with Crippen molar-refractivity contribution in [1.29, 1.82) is 0 Å². The summed E-state index contributed by atoms with van der Waals surface area (Å²) in [6, 6.07) is 0. The molecule has 0 saturated carbocycles. The Kier molecular flexibility index (Phi) is 3.10. The fraction of sp³-hybridized carbons (Fsp3) is 0.400. The highest BCUT2D eigenvalue weighted by atomic mass is 32.2. The monoisotopic (exact) mass is 224 g/mol. The van der Waals surface area contributed by atoms with Crippen LogP contribution in [0.5, 0.6) is 0 Å². The number of rotatable bonds is 3. The van der Waals surface area contributed by atoms with Crippen molar-refractivity contribution in [1.82, 2.24) is 4.98 Å². The number of hydrogen-bond donors (Lipinski definition) is 2. The Morgan fingerprint density at radius 3 is 2.75 bits per heavy atom. The van der Waals surface area contributed by atoms with Gasteiger partial charge in [0.1, 0.15) is 0 Å². The Morgan fingerprint density at radius 2 is 2.33 bits per heavy atom. The average molecular weight is 224 g/mol. The van der Waals surface area contributed by atoms with E-state index in [1.54, 1.807) is 0 Å². The van der Waals surface area contributed by atoms with Crippen LogP contribution in [0.1, 0.15) is 5.01 Å². The van der Waals surface area contributed by atoms with Gasteiger partial charge in [-0.1, -0.05) is 0 Å². The number of nitrogens with zero attached hydrogens (tertiary/aromatic N) is 1. The standard InChI is InChI=1S/C5H8N2O2S3/c6-12(8,9)5-3-7-4(11-5)1-2-10/h3,10H,1-2H2,(H2,6,8,9). The van der Waals surface area contributed by atoms with Crippen molar-refractivity contribution in [2.24, 2.45) is 5.14 Å². The van der Waals surface area contributed by atoms with Gasteiger partial charge in [0.15, 0.2) is 4.21 Å². The highest BCUT2D eigenvalue weighted by Crippen LogP contribution is 2.17. The molecular formula is C5H8N2O2S3. The predicted molar refractivity (Wildman–Crippen MR) is 51.0 cm³/mol. The summed E-state index contributed by atoms with van der Waals surface area (Å²) in [6.07, 6.45) is 1.95. The van der Waals surface area contributed by atoms with Crippen LogP contribution in [-0.2, 0) is 16.4 Å². The molecule has 1 aromatic heterocycles. The minimum Gasteiger partial charge on any atom is -0.248 e. The zero-order valence-corrected chi connectivity index (χ0v) is 8.62. The van der Waals surface area contributed by atoms with E-state index in [1.165, 1.54) is 6.20 Å². The number of hydrogen-bond acceptors (Lipinski definition) is 5. The van der Waals surface area contributed by atoms with Crippen LogP contribution in [0.15, 0.2) is 10.4 Å². The molecule has 0 aliphatic rings. The Morgan fingerprint density at radius 1 is 1.67 bits per heavy atom. The number of primary sulfonamides is 1. The molecule has 2 N–H and O–H groups in total. The molecule has 0 spiro atoms. The van der Waals surface area contributed by atoms with Gasteiger partial charge in [-0.15, -0.1) is 11.3 Å². The van der Waals surface area contributed by atoms with Crippen LogP contribution in [0.4, 0.5) is 0 Å². The third kappa shape index (κ3) is 2.44. The molecule has 0 aromatic carbocycles. The summed E-state index contributed by atoms with van der Waals surface area (Å²) in [5.74, 6) is 0.650. The smallest absolute Gasteiger partial charge is 0.248 e. The molecule has 0 bridgehead atoms. The van der Waals surface area contributed by atoms with E-state index in [0.29, 0.717) is 12.2 Å². The minimum atomic E-state index is -3.57. The molecule has 4 nitrogen and oxygen atoms in total. The van der Waals surface area contributed by atoms with Gasteiger partial charge >= 0.3 is 0 Å². The molecule has 1 rings (SSSR count). The fourth-order valence-electron chi connectivity index (χ4n) is 0.636. The van der Waals surface area contributed by atoms with Gasteiger partial charge in [0.2, 0.25) is 10.0 Å². The van der Waals surface area contributed by atoms with Gasteiger partial charge in [0, 0.05) is 6.42 Å². The van der Waals surface area contributed by atoms with Gasteiger partial charge in [-0.25, -0.2) is 18.5 Å². The lowest BCUT2D eigenvalue weighted by atomic mass is 10.5. The first-order valence-corrected chi connectivity index (χ1v) is 6.12. The van der Waals surface area contributed by atoms with Gasteiger partial charge in [-0.3, -0.25) is 0 Å². The molecule has 1 heterocycles. The second kappa shape index (κ2) is 3.73. The third-order valence-electron chi connectivity index (χ3n) is 1.14. The van der Waals surface area contributed by atoms with E-state index in [1.807, 2.05) is 0 Å². The lowest BCUT2D eigenvalue weighted by Gasteiger charge is -1.88. The summed E-state index contributed by atoms with van der Waals surface area (Å²) in [4.78, 5) is 3.88. The number of nitrogens with two attached hydrogens (primary N) is 1. The topological polar surface area (TPSA) is 73.1 Å². The molecule has 0 unspecified atom stereocenters. The van der Waals surface area contributed by atoms with E-state index in [-0.39, 0.29) is 4.21 Å². The number of thiol groups is 1. The van der Waals surface area contributed by atoms with Crippen molar-refractivity contribution >= 4 is 34.0 Å². The van der Waals surface area contributed by atoms with E-state index in [9.17, 15) is 8.42 Å². The SMILES string of the molecule is NS(=O)(=O)c1cnc(CCS)s1. The molecule has 12 heavy (non-hydrogen) atoms. The molecule has 0 atom stereocenters. The third-order valence-corrected chi connectivity index (χ3v) is 3.83. The van der Waals surface area contributed by atoms with E-state index in [0.717, 1.165) is 16.3 Å². The lowest BCUT2D eigenvalue weighted by molar-refractivity contribution is 0.599. The van der Waals surface area contributed by atoms with Crippen LogP contribution in [0.3, 0.4) is 0 Å². The van der Waals surface area contributed by atoms with E-state index < -0.39 is 10.0 Å². The maximum Gasteiger partial charge on any atom is 0.249 e. The van der Waals surface area contributed by atoms with Crippen LogP contribution >= 0.6 is 24.0 Å². The van der Waals surface area contributed by atoms with Crippen molar-refractivity contribution in [3.8, 4) is 0 Å². The summed E-state index contributed by atoms with van der Waals surface area (Å²) in [6.45, 7) is 0. The Labute approximate surface area is 80.3 Å². The van der Waals surface area contributed by atoms with Crippen molar-refractivity contribution < 1.29 is 8.42 Å². The van der Waals surface area contributed by atoms with Crippen molar-refractivity contribution in [2.75, 3.05) is 5.75 Å². The first kappa shape index (κ1) is 9.97. The highest BCUT2D eigenvalue weighted by Gasteiger charge is 2.11. The lowest BCUT2D eigenvalue weighted by Crippen LogP contribution is -2.09. The molecule has 1 aromatic rings. The summed E-state index contributed by atoms with van der Waals surface area (Å²) in [5, 5.41) is 5.63. The summed E-state index contributed by atoms with van der Waals surface area (Å²) >= 11 is 5.09. The van der Waals surface area contributed by atoms with Gasteiger partial charge in [-0.2, -0.15) is 12.6 Å². The number of aromatic nitrogens is 1. The fourth-order valence-corrected chi connectivity index (χ4v) is 2.60. The molecule has 0 radical (unpaired) electrons. The zero-order valence-electron chi connectivity index (χ0n) is 6.10. The number of thiazole rings is 1. The minimum absolute atomic E-state index is 0.110. The molecule has 0 aliphatic carbocycles. The predicted octanol–water partition coefficient (Wildman–Crippen LogP) is 0.263. The quantitative estimate of drug-likeness (QED) is 0.723.